The minimum absolute atomic E-state index is 0.0171. The number of carbonyl (C=O) groups is 1. The number of ether oxygens (including phenoxy) is 6. The Kier molecular flexibility index (Phi) is 13.7. The summed E-state index contributed by atoms with van der Waals surface area (Å²) in [7, 11) is -4.21. The number of amides is 1. The van der Waals surface area contributed by atoms with Crippen molar-refractivity contribution in [3.05, 3.63) is 84.4 Å². The number of aliphatic imine (C=N–C) groups is 1. The molecule has 6 rings (SSSR count). The van der Waals surface area contributed by atoms with Gasteiger partial charge in [-0.15, -0.1) is 0 Å². The van der Waals surface area contributed by atoms with Gasteiger partial charge in [-0.25, -0.2) is 23.5 Å². The minimum atomic E-state index is -4.21. The van der Waals surface area contributed by atoms with Gasteiger partial charge < -0.3 is 38.8 Å². The third-order valence-corrected chi connectivity index (χ3v) is 11.7. The number of hydrogen-bond acceptors (Lipinski definition) is 12. The highest BCUT2D eigenvalue weighted by Gasteiger charge is 2.44. The van der Waals surface area contributed by atoms with Gasteiger partial charge in [-0.3, -0.25) is 0 Å². The van der Waals surface area contributed by atoms with E-state index in [1.165, 1.54) is 16.4 Å². The second kappa shape index (κ2) is 18.8. The van der Waals surface area contributed by atoms with Crippen LogP contribution in [0.1, 0.15) is 45.1 Å². The fraction of sp³-hybridized carbons (Fsp3) is 0.475. The fourth-order valence-corrected chi connectivity index (χ4v) is 8.65. The molecule has 1 amide bonds. The smallest absolute Gasteiger partial charge is 0.407 e. The quantitative estimate of drug-likeness (QED) is 0.0569. The van der Waals surface area contributed by atoms with Crippen LogP contribution in [0.4, 0.5) is 4.79 Å². The number of carbonyl (C=O) groups excluding carboxylic acids is 1. The molecule has 3 aromatic carbocycles. The van der Waals surface area contributed by atoms with E-state index in [1.54, 1.807) is 18.2 Å². The maximum atomic E-state index is 14.5. The number of benzene rings is 3. The summed E-state index contributed by atoms with van der Waals surface area (Å²) in [4.78, 5) is 17.7. The van der Waals surface area contributed by atoms with Crippen molar-refractivity contribution >= 4 is 22.1 Å². The second-order valence-corrected chi connectivity index (χ2v) is 16.7. The zero-order valence-electron chi connectivity index (χ0n) is 31.5. The van der Waals surface area contributed by atoms with Gasteiger partial charge in [0.2, 0.25) is 16.8 Å². The van der Waals surface area contributed by atoms with Crippen LogP contribution >= 0.6 is 0 Å². The maximum absolute atomic E-state index is 14.5. The van der Waals surface area contributed by atoms with Crippen molar-refractivity contribution in [1.29, 1.82) is 5.26 Å². The van der Waals surface area contributed by atoms with Crippen molar-refractivity contribution in [2.24, 2.45) is 16.3 Å². The lowest BCUT2D eigenvalue weighted by atomic mass is 9.87. The van der Waals surface area contributed by atoms with E-state index in [4.69, 9.17) is 33.7 Å². The number of fused-ring (bicyclic) bond motifs is 2. The van der Waals surface area contributed by atoms with Crippen LogP contribution in [-0.2, 0) is 30.7 Å². The van der Waals surface area contributed by atoms with Crippen LogP contribution in [0.3, 0.4) is 0 Å². The standard InChI is InChI=1S/C40H49N5O10S/c1-40(2,18-9-10-19-42-38(43-26-41)54-29-13-7-4-8-14-29)25-45(56(48,49)30-15-16-34-35(22-30)53-27-52-34)23-33(46)32(21-28-11-5-3-6-12-28)44-39(47)55-36-24-51-37-31(36)17-20-50-37/h3-8,11-16,22,31-33,36-37,46H,9-10,17-21,23-25,27H2,1-2H3,(H,42,43)(H,44,47)/t31?,32-,33?,36?,37?/m0/s1. The number of nitriles is 1. The zero-order valence-corrected chi connectivity index (χ0v) is 32.4. The van der Waals surface area contributed by atoms with Gasteiger partial charge in [0.15, 0.2) is 24.0 Å². The third-order valence-electron chi connectivity index (χ3n) is 9.92. The average Bonchev–Trinajstić information content (AvgIpc) is 3.94. The number of nitrogens with zero attached hydrogens (tertiary/aromatic N) is 3. The summed E-state index contributed by atoms with van der Waals surface area (Å²) >= 11 is 0. The number of para-hydroxylation sites is 1. The molecule has 3 aromatic rings. The van der Waals surface area contributed by atoms with Crippen LogP contribution in [0.5, 0.6) is 17.2 Å². The van der Waals surface area contributed by atoms with E-state index in [9.17, 15) is 18.3 Å². The molecule has 0 bridgehead atoms. The van der Waals surface area contributed by atoms with Crippen LogP contribution in [-0.4, -0.2) is 94.1 Å². The molecule has 0 aliphatic carbocycles. The summed E-state index contributed by atoms with van der Waals surface area (Å²) in [6, 6.07) is 21.9. The Morgan fingerprint density at radius 1 is 1.05 bits per heavy atom. The fourth-order valence-electron chi connectivity index (χ4n) is 6.99. The predicted octanol–water partition coefficient (Wildman–Crippen LogP) is 4.57. The van der Waals surface area contributed by atoms with Crippen molar-refractivity contribution in [3.63, 3.8) is 0 Å². The molecule has 5 atom stereocenters. The molecule has 2 saturated heterocycles. The Balaban J connectivity index is 1.16. The SMILES string of the molecule is CC(C)(CCCCN=C(NC#N)Oc1ccccc1)CN(CC(O)[C@H](Cc1ccccc1)NC(=O)OC1COC2OCCC12)S(=O)(=O)c1ccc2c(c1)OCO2. The summed E-state index contributed by atoms with van der Waals surface area (Å²) in [5.74, 6) is 1.22. The van der Waals surface area contributed by atoms with Gasteiger partial charge in [0.1, 0.15) is 11.9 Å². The Bertz CT molecular complexity index is 1940. The molecule has 2 fully saturated rings. The number of rotatable bonds is 17. The third kappa shape index (κ3) is 10.9. The highest BCUT2D eigenvalue weighted by Crippen LogP contribution is 2.36. The van der Waals surface area contributed by atoms with Gasteiger partial charge in [0, 0.05) is 25.7 Å². The maximum Gasteiger partial charge on any atom is 0.407 e. The average molecular weight is 792 g/mol. The number of hydrogen-bond donors (Lipinski definition) is 3. The number of aliphatic hydroxyl groups excluding tert-OH is 1. The molecule has 0 saturated carbocycles. The molecule has 3 heterocycles. The molecule has 0 radical (unpaired) electrons. The van der Waals surface area contributed by atoms with Crippen molar-refractivity contribution in [3.8, 4) is 23.4 Å². The summed E-state index contributed by atoms with van der Waals surface area (Å²) in [5, 5.41) is 26.4. The first-order valence-corrected chi connectivity index (χ1v) is 20.2. The van der Waals surface area contributed by atoms with Crippen LogP contribution in [0.2, 0.25) is 0 Å². The van der Waals surface area contributed by atoms with E-state index in [0.717, 1.165) is 5.56 Å². The summed E-state index contributed by atoms with van der Waals surface area (Å²) < 4.78 is 63.8. The Hall–Kier alpha value is -4.92. The molecule has 15 nitrogen and oxygen atoms in total. The second-order valence-electron chi connectivity index (χ2n) is 14.7. The van der Waals surface area contributed by atoms with Crippen LogP contribution in [0.25, 0.3) is 0 Å². The number of nitrogens with one attached hydrogen (secondary N) is 2. The highest BCUT2D eigenvalue weighted by atomic mass is 32.2. The van der Waals surface area contributed by atoms with Crippen molar-refractivity contribution in [2.75, 3.05) is 39.6 Å². The number of aliphatic hydroxyl groups is 1. The lowest BCUT2D eigenvalue weighted by molar-refractivity contribution is -0.0907. The highest BCUT2D eigenvalue weighted by molar-refractivity contribution is 7.89. The summed E-state index contributed by atoms with van der Waals surface area (Å²) in [5.41, 5.74) is 0.269. The van der Waals surface area contributed by atoms with E-state index < -0.39 is 46.1 Å². The first-order valence-electron chi connectivity index (χ1n) is 18.8. The van der Waals surface area contributed by atoms with E-state index in [1.807, 2.05) is 68.6 Å². The van der Waals surface area contributed by atoms with E-state index in [-0.39, 0.29) is 49.7 Å². The largest absolute Gasteiger partial charge is 0.454 e. The number of amidine groups is 1. The predicted molar refractivity (Wildman–Crippen MR) is 204 cm³/mol. The van der Waals surface area contributed by atoms with Gasteiger partial charge in [-0.1, -0.05) is 68.8 Å². The number of unbranched alkanes of at least 4 members (excludes halogenated alkanes) is 1. The van der Waals surface area contributed by atoms with Crippen LogP contribution in [0.15, 0.2) is 88.8 Å². The van der Waals surface area contributed by atoms with E-state index in [2.05, 4.69) is 15.6 Å². The van der Waals surface area contributed by atoms with Gasteiger partial charge >= 0.3 is 12.1 Å². The van der Waals surface area contributed by atoms with Crippen molar-refractivity contribution in [2.45, 2.75) is 75.4 Å². The molecule has 56 heavy (non-hydrogen) atoms. The van der Waals surface area contributed by atoms with E-state index >= 15 is 0 Å². The lowest BCUT2D eigenvalue weighted by Gasteiger charge is -2.35. The number of sulfonamides is 1. The summed E-state index contributed by atoms with van der Waals surface area (Å²) in [6.45, 7) is 4.73. The molecule has 0 aromatic heterocycles. The lowest BCUT2D eigenvalue weighted by Crippen LogP contribution is -2.52. The first kappa shape index (κ1) is 40.7. The topological polar surface area (TPSA) is 190 Å². The van der Waals surface area contributed by atoms with Crippen LogP contribution < -0.4 is 24.8 Å². The Morgan fingerprint density at radius 2 is 1.80 bits per heavy atom. The zero-order chi connectivity index (χ0) is 39.5. The van der Waals surface area contributed by atoms with Crippen molar-refractivity contribution in [1.82, 2.24) is 14.9 Å². The monoisotopic (exact) mass is 791 g/mol. The molecular formula is C40H49N5O10S. The number of alkyl carbamates (subject to hydrolysis) is 1. The normalized spacial score (nSPS) is 20.2. The molecule has 0 spiro atoms. The van der Waals surface area contributed by atoms with Gasteiger partial charge in [-0.05, 0) is 60.9 Å². The van der Waals surface area contributed by atoms with Gasteiger partial charge in [0.05, 0.1) is 36.2 Å². The Labute approximate surface area is 327 Å². The molecule has 4 unspecified atom stereocenters. The van der Waals surface area contributed by atoms with Crippen molar-refractivity contribution < 1.29 is 46.7 Å². The minimum Gasteiger partial charge on any atom is -0.454 e. The molecular weight excluding hydrogens is 743 g/mol. The summed E-state index contributed by atoms with van der Waals surface area (Å²) in [6.07, 6.45) is 1.72. The molecule has 3 aliphatic rings. The van der Waals surface area contributed by atoms with Crippen LogP contribution in [0, 0.1) is 22.8 Å². The van der Waals surface area contributed by atoms with E-state index in [0.29, 0.717) is 56.1 Å². The molecule has 3 aliphatic heterocycles. The van der Waals surface area contributed by atoms with Gasteiger partial charge in [0.25, 0.3) is 0 Å². The molecule has 3 N–H and O–H groups in total. The van der Waals surface area contributed by atoms with Gasteiger partial charge in [-0.2, -0.15) is 9.57 Å². The molecule has 16 heteroatoms. The first-order chi connectivity index (χ1) is 27.0. The molecule has 300 valence electrons. The Morgan fingerprint density at radius 3 is 2.57 bits per heavy atom.